The first-order chi connectivity index (χ1) is 11.8. The van der Waals surface area contributed by atoms with Crippen LogP contribution in [0, 0.1) is 5.92 Å². The molecule has 1 fully saturated rings. The molecule has 0 saturated carbocycles. The van der Waals surface area contributed by atoms with Crippen LogP contribution in [0.25, 0.3) is 0 Å². The van der Waals surface area contributed by atoms with Gasteiger partial charge in [0.2, 0.25) is 10.0 Å². The van der Waals surface area contributed by atoms with E-state index in [0.29, 0.717) is 24.7 Å². The number of nitrogens with zero attached hydrogens (tertiary/aromatic N) is 1. The number of hydrogen-bond donors (Lipinski definition) is 2. The van der Waals surface area contributed by atoms with Gasteiger partial charge in [0, 0.05) is 36.8 Å². The average molecular weight is 388 g/mol. The summed E-state index contributed by atoms with van der Waals surface area (Å²) in [4.78, 5) is 15.3. The monoisotopic (exact) mass is 387 g/mol. The fourth-order valence-corrected chi connectivity index (χ4v) is 5.37. The second-order valence-corrected chi connectivity index (χ2v) is 10.1. The molecular weight excluding hydrogens is 358 g/mol. The van der Waals surface area contributed by atoms with Gasteiger partial charge in [-0.05, 0) is 25.3 Å². The molecule has 25 heavy (non-hydrogen) atoms. The third kappa shape index (κ3) is 5.76. The van der Waals surface area contributed by atoms with E-state index < -0.39 is 10.0 Å². The summed E-state index contributed by atoms with van der Waals surface area (Å²) >= 11 is 1.76. The van der Waals surface area contributed by atoms with Gasteiger partial charge in [-0.15, -0.1) is 0 Å². The molecule has 1 atom stereocenters. The Hall–Kier alpha value is -0.990. The van der Waals surface area contributed by atoms with Crippen LogP contribution in [-0.4, -0.2) is 54.3 Å². The van der Waals surface area contributed by atoms with E-state index in [4.69, 9.17) is 0 Å². The topological polar surface area (TPSA) is 82.3 Å². The average Bonchev–Trinajstić information content (AvgIpc) is 3.06. The summed E-state index contributed by atoms with van der Waals surface area (Å²) in [6.07, 6.45) is 4.53. The summed E-state index contributed by atoms with van der Waals surface area (Å²) in [6.45, 7) is 7.39. The molecule has 0 radical (unpaired) electrons. The van der Waals surface area contributed by atoms with Gasteiger partial charge in [0.15, 0.2) is 0 Å². The van der Waals surface area contributed by atoms with Crippen LogP contribution in [0.15, 0.2) is 17.2 Å². The van der Waals surface area contributed by atoms with E-state index in [1.807, 2.05) is 6.92 Å². The summed E-state index contributed by atoms with van der Waals surface area (Å²) < 4.78 is 26.7. The van der Waals surface area contributed by atoms with E-state index in [1.165, 1.54) is 16.6 Å². The van der Waals surface area contributed by atoms with Crippen molar-refractivity contribution in [1.82, 2.24) is 14.6 Å². The van der Waals surface area contributed by atoms with Gasteiger partial charge in [-0.2, -0.15) is 16.1 Å². The first-order valence-electron chi connectivity index (χ1n) is 8.88. The summed E-state index contributed by atoms with van der Waals surface area (Å²) in [5.41, 5.74) is 0.292. The molecule has 0 spiro atoms. The third-order valence-corrected chi connectivity index (χ3v) is 7.12. The molecular formula is C17H29N3O3S2. The van der Waals surface area contributed by atoms with Crippen LogP contribution in [0.1, 0.15) is 50.5 Å². The lowest BCUT2D eigenvalue weighted by Gasteiger charge is -2.24. The number of hydrogen-bond acceptors (Lipinski definition) is 4. The van der Waals surface area contributed by atoms with Crippen LogP contribution in [-0.2, 0) is 10.0 Å². The highest BCUT2D eigenvalue weighted by molar-refractivity contribution is 7.99. The number of aromatic nitrogens is 1. The normalized spacial score (nSPS) is 17.6. The van der Waals surface area contributed by atoms with Crippen LogP contribution >= 0.6 is 11.8 Å². The Labute approximate surface area is 155 Å². The molecule has 0 aliphatic carbocycles. The molecule has 2 rings (SSSR count). The number of H-pyrrole nitrogens is 1. The molecule has 1 aliphatic heterocycles. The zero-order chi connectivity index (χ0) is 18.4. The fraction of sp³-hybridized carbons (Fsp3) is 0.706. The van der Waals surface area contributed by atoms with Crippen molar-refractivity contribution in [3.63, 3.8) is 0 Å². The molecule has 142 valence electrons. The smallest absolute Gasteiger partial charge is 0.267 e. The van der Waals surface area contributed by atoms with E-state index in [1.54, 1.807) is 11.8 Å². The number of carbonyl (C=O) groups excluding carboxylic acids is 1. The molecule has 1 aromatic heterocycles. The number of sulfonamides is 1. The zero-order valence-electron chi connectivity index (χ0n) is 15.2. The maximum absolute atomic E-state index is 12.6. The highest BCUT2D eigenvalue weighted by Gasteiger charge is 2.27. The molecule has 0 aromatic carbocycles. The highest BCUT2D eigenvalue weighted by atomic mass is 32.2. The second kappa shape index (κ2) is 9.09. The molecule has 6 nitrogen and oxygen atoms in total. The number of thioether (sulfide) groups is 1. The van der Waals surface area contributed by atoms with Crippen molar-refractivity contribution < 1.29 is 13.2 Å². The quantitative estimate of drug-likeness (QED) is 0.718. The molecule has 1 unspecified atom stereocenters. The number of aromatic amines is 1. The minimum atomic E-state index is -3.52. The van der Waals surface area contributed by atoms with Crippen LogP contribution < -0.4 is 5.32 Å². The van der Waals surface area contributed by atoms with Crippen LogP contribution in [0.5, 0.6) is 0 Å². The molecule has 8 heteroatoms. The Morgan fingerprint density at radius 1 is 1.28 bits per heavy atom. The van der Waals surface area contributed by atoms with E-state index in [2.05, 4.69) is 24.1 Å². The van der Waals surface area contributed by atoms with Gasteiger partial charge in [0.05, 0.1) is 0 Å². The third-order valence-electron chi connectivity index (χ3n) is 4.31. The Balaban J connectivity index is 1.94. The number of amides is 1. The van der Waals surface area contributed by atoms with Gasteiger partial charge in [0.1, 0.15) is 10.6 Å². The molecule has 1 aliphatic rings. The van der Waals surface area contributed by atoms with Gasteiger partial charge in [-0.1, -0.05) is 26.7 Å². The lowest BCUT2D eigenvalue weighted by molar-refractivity contribution is 0.0933. The predicted octanol–water partition coefficient (Wildman–Crippen LogP) is 2.70. The maximum atomic E-state index is 12.6. The molecule has 2 heterocycles. The minimum Gasteiger partial charge on any atom is -0.356 e. The zero-order valence-corrected chi connectivity index (χ0v) is 16.9. The van der Waals surface area contributed by atoms with Gasteiger partial charge in [-0.3, -0.25) is 4.79 Å². The number of carbonyl (C=O) groups is 1. The standard InChI is InChI=1S/C17H29N3O3S2/c1-13(2)5-4-6-14(3)19-17(21)16-11-15(12-18-16)25(22,23)20-7-9-24-10-8-20/h11-14,18H,4-10H2,1-3H3,(H,19,21). The predicted molar refractivity (Wildman–Crippen MR) is 102 cm³/mol. The van der Waals surface area contributed by atoms with Crippen LogP contribution in [0.3, 0.4) is 0 Å². The lowest BCUT2D eigenvalue weighted by atomic mass is 10.0. The molecule has 1 aromatic rings. The van der Waals surface area contributed by atoms with Gasteiger partial charge in [0.25, 0.3) is 5.91 Å². The minimum absolute atomic E-state index is 0.0636. The second-order valence-electron chi connectivity index (χ2n) is 6.96. The van der Waals surface area contributed by atoms with Gasteiger partial charge < -0.3 is 10.3 Å². The van der Waals surface area contributed by atoms with E-state index in [9.17, 15) is 13.2 Å². The fourth-order valence-electron chi connectivity index (χ4n) is 2.80. The first kappa shape index (κ1) is 20.3. The highest BCUT2D eigenvalue weighted by Crippen LogP contribution is 2.21. The van der Waals surface area contributed by atoms with Crippen LogP contribution in [0.2, 0.25) is 0 Å². The molecule has 1 amide bonds. The van der Waals surface area contributed by atoms with E-state index in [-0.39, 0.29) is 16.8 Å². The Morgan fingerprint density at radius 3 is 2.60 bits per heavy atom. The lowest BCUT2D eigenvalue weighted by Crippen LogP contribution is -2.37. The summed E-state index contributed by atoms with van der Waals surface area (Å²) in [5, 5.41) is 2.93. The Kier molecular flexibility index (Phi) is 7.39. The first-order valence-corrected chi connectivity index (χ1v) is 11.5. The van der Waals surface area contributed by atoms with Crippen molar-refractivity contribution in [2.75, 3.05) is 24.6 Å². The number of rotatable bonds is 8. The van der Waals surface area contributed by atoms with E-state index in [0.717, 1.165) is 30.8 Å². The summed E-state index contributed by atoms with van der Waals surface area (Å²) in [7, 11) is -3.52. The molecule has 2 N–H and O–H groups in total. The van der Waals surface area contributed by atoms with Crippen molar-refractivity contribution in [3.05, 3.63) is 18.0 Å². The summed E-state index contributed by atoms with van der Waals surface area (Å²) in [5.74, 6) is 2.02. The Morgan fingerprint density at radius 2 is 1.96 bits per heavy atom. The largest absolute Gasteiger partial charge is 0.356 e. The van der Waals surface area contributed by atoms with Crippen molar-refractivity contribution in [2.45, 2.75) is 51.0 Å². The van der Waals surface area contributed by atoms with E-state index >= 15 is 0 Å². The van der Waals surface area contributed by atoms with Gasteiger partial charge >= 0.3 is 0 Å². The summed E-state index contributed by atoms with van der Waals surface area (Å²) in [6, 6.07) is 1.50. The van der Waals surface area contributed by atoms with Crippen molar-refractivity contribution in [2.24, 2.45) is 5.92 Å². The number of nitrogens with one attached hydrogen (secondary N) is 2. The molecule has 0 bridgehead atoms. The SMILES string of the molecule is CC(C)CCCC(C)NC(=O)c1cc(S(=O)(=O)N2CCSCC2)c[nH]1. The Bertz CT molecular complexity index is 664. The molecule has 1 saturated heterocycles. The maximum Gasteiger partial charge on any atom is 0.267 e. The van der Waals surface area contributed by atoms with Gasteiger partial charge in [-0.25, -0.2) is 8.42 Å². The van der Waals surface area contributed by atoms with Crippen molar-refractivity contribution >= 4 is 27.7 Å². The van der Waals surface area contributed by atoms with Crippen LogP contribution in [0.4, 0.5) is 0 Å². The van der Waals surface area contributed by atoms with Crippen molar-refractivity contribution in [1.29, 1.82) is 0 Å². The van der Waals surface area contributed by atoms with Crippen molar-refractivity contribution in [3.8, 4) is 0 Å².